The minimum atomic E-state index is 0.0704. The molecule has 1 saturated heterocycles. The van der Waals surface area contributed by atoms with Crippen LogP contribution in [0, 0.1) is 5.92 Å². The van der Waals surface area contributed by atoms with Gasteiger partial charge in [-0.3, -0.25) is 0 Å². The molecule has 0 aromatic heterocycles. The predicted molar refractivity (Wildman–Crippen MR) is 66.4 cm³/mol. The van der Waals surface area contributed by atoms with Crippen molar-refractivity contribution in [2.45, 2.75) is 50.7 Å². The van der Waals surface area contributed by atoms with Crippen molar-refractivity contribution in [1.29, 1.82) is 0 Å². The lowest BCUT2D eigenvalue weighted by Crippen LogP contribution is -2.49. The number of likely N-dealkylation sites (tertiary alicyclic amines) is 1. The fourth-order valence-electron chi connectivity index (χ4n) is 3.25. The lowest BCUT2D eigenvalue weighted by molar-refractivity contribution is -0.0538. The third-order valence-corrected chi connectivity index (χ3v) is 4.44. The van der Waals surface area contributed by atoms with Crippen LogP contribution in [0.2, 0.25) is 0 Å². The third-order valence-electron chi connectivity index (χ3n) is 4.44. The molecule has 0 spiro atoms. The molecule has 2 N–H and O–H groups in total. The first-order valence-electron chi connectivity index (χ1n) is 6.66. The van der Waals surface area contributed by atoms with Crippen LogP contribution in [0.5, 0.6) is 0 Å². The van der Waals surface area contributed by atoms with E-state index in [4.69, 9.17) is 10.5 Å². The van der Waals surface area contributed by atoms with Crippen LogP contribution in [-0.2, 0) is 4.74 Å². The molecule has 0 amide bonds. The summed E-state index contributed by atoms with van der Waals surface area (Å²) in [6.07, 6.45) is 6.31. The van der Waals surface area contributed by atoms with Crippen molar-refractivity contribution in [3.63, 3.8) is 0 Å². The average Bonchev–Trinajstić information content (AvgIpc) is 2.65. The highest BCUT2D eigenvalue weighted by Crippen LogP contribution is 2.28. The zero-order valence-electron chi connectivity index (χ0n) is 10.7. The second-order valence-corrected chi connectivity index (χ2v) is 5.85. The largest absolute Gasteiger partial charge is 0.377 e. The minimum absolute atomic E-state index is 0.0704. The molecule has 1 aliphatic heterocycles. The van der Waals surface area contributed by atoms with Gasteiger partial charge in [0.15, 0.2) is 0 Å². The van der Waals surface area contributed by atoms with Gasteiger partial charge in [0.05, 0.1) is 5.60 Å². The molecule has 1 heterocycles. The van der Waals surface area contributed by atoms with Gasteiger partial charge in [0.25, 0.3) is 0 Å². The van der Waals surface area contributed by atoms with E-state index in [9.17, 15) is 0 Å². The molecule has 3 unspecified atom stereocenters. The molecule has 0 bridgehead atoms. The molecule has 2 aliphatic rings. The first-order valence-corrected chi connectivity index (χ1v) is 6.66. The van der Waals surface area contributed by atoms with Crippen LogP contribution in [0.4, 0.5) is 0 Å². The van der Waals surface area contributed by atoms with Crippen molar-refractivity contribution >= 4 is 0 Å². The average molecular weight is 226 g/mol. The number of methoxy groups -OCH3 is 1. The molecular formula is C13H26N2O. The van der Waals surface area contributed by atoms with Gasteiger partial charge < -0.3 is 15.4 Å². The van der Waals surface area contributed by atoms with Gasteiger partial charge in [0.2, 0.25) is 0 Å². The van der Waals surface area contributed by atoms with Gasteiger partial charge in [-0.2, -0.15) is 0 Å². The highest BCUT2D eigenvalue weighted by atomic mass is 16.5. The zero-order chi connectivity index (χ0) is 11.6. The van der Waals surface area contributed by atoms with Crippen LogP contribution in [0.3, 0.4) is 0 Å². The van der Waals surface area contributed by atoms with E-state index in [2.05, 4.69) is 11.8 Å². The van der Waals surface area contributed by atoms with Gasteiger partial charge in [0, 0.05) is 26.2 Å². The van der Waals surface area contributed by atoms with Gasteiger partial charge in [-0.05, 0) is 45.1 Å². The fraction of sp³-hybridized carbons (Fsp3) is 1.00. The van der Waals surface area contributed by atoms with Crippen molar-refractivity contribution in [2.75, 3.05) is 26.7 Å². The van der Waals surface area contributed by atoms with Crippen LogP contribution in [0.15, 0.2) is 0 Å². The lowest BCUT2D eigenvalue weighted by Gasteiger charge is -2.40. The van der Waals surface area contributed by atoms with Gasteiger partial charge >= 0.3 is 0 Å². The highest BCUT2D eigenvalue weighted by molar-refractivity contribution is 4.88. The molecule has 16 heavy (non-hydrogen) atoms. The van der Waals surface area contributed by atoms with Crippen LogP contribution < -0.4 is 5.73 Å². The van der Waals surface area contributed by atoms with Crippen molar-refractivity contribution in [3.8, 4) is 0 Å². The number of hydrogen-bond acceptors (Lipinski definition) is 3. The molecule has 3 nitrogen and oxygen atoms in total. The Kier molecular flexibility index (Phi) is 3.88. The van der Waals surface area contributed by atoms with Gasteiger partial charge in [0.1, 0.15) is 0 Å². The molecule has 2 fully saturated rings. The van der Waals surface area contributed by atoms with E-state index in [1.807, 2.05) is 7.11 Å². The Morgan fingerprint density at radius 3 is 2.81 bits per heavy atom. The lowest BCUT2D eigenvalue weighted by atomic mass is 9.93. The molecular weight excluding hydrogens is 200 g/mol. The Morgan fingerprint density at radius 1 is 1.38 bits per heavy atom. The summed E-state index contributed by atoms with van der Waals surface area (Å²) in [6.45, 7) is 5.71. The first-order chi connectivity index (χ1) is 7.63. The predicted octanol–water partition coefficient (Wildman–Crippen LogP) is 1.61. The molecule has 0 radical (unpaired) electrons. The maximum atomic E-state index is 6.14. The molecule has 3 atom stereocenters. The normalized spacial score (nSPS) is 41.4. The van der Waals surface area contributed by atoms with Crippen LogP contribution in [0.25, 0.3) is 0 Å². The Labute approximate surface area is 99.3 Å². The van der Waals surface area contributed by atoms with E-state index in [1.54, 1.807) is 0 Å². The number of nitrogens with two attached hydrogens (primary N) is 1. The summed E-state index contributed by atoms with van der Waals surface area (Å²) >= 11 is 0. The fourth-order valence-corrected chi connectivity index (χ4v) is 3.25. The summed E-state index contributed by atoms with van der Waals surface area (Å²) in [5.74, 6) is 0.721. The van der Waals surface area contributed by atoms with Gasteiger partial charge in [-0.25, -0.2) is 0 Å². The van der Waals surface area contributed by atoms with Crippen molar-refractivity contribution in [2.24, 2.45) is 11.7 Å². The summed E-state index contributed by atoms with van der Waals surface area (Å²) < 4.78 is 5.63. The van der Waals surface area contributed by atoms with Gasteiger partial charge in [-0.1, -0.05) is 6.42 Å². The quantitative estimate of drug-likeness (QED) is 0.794. The topological polar surface area (TPSA) is 38.5 Å². The Hall–Kier alpha value is -0.120. The van der Waals surface area contributed by atoms with Crippen molar-refractivity contribution < 1.29 is 4.74 Å². The number of nitrogens with zero attached hydrogens (tertiary/aromatic N) is 1. The number of hydrogen-bond donors (Lipinski definition) is 1. The third kappa shape index (κ3) is 2.76. The SMILES string of the molecule is COC1(C)CCCN(CC2CCCC2N)C1. The van der Waals surface area contributed by atoms with E-state index in [1.165, 1.54) is 45.2 Å². The molecule has 94 valence electrons. The van der Waals surface area contributed by atoms with Crippen LogP contribution in [0.1, 0.15) is 39.0 Å². The monoisotopic (exact) mass is 226 g/mol. The summed E-state index contributed by atoms with van der Waals surface area (Å²) in [4.78, 5) is 2.56. The maximum absolute atomic E-state index is 6.14. The van der Waals surface area contributed by atoms with Crippen LogP contribution in [-0.4, -0.2) is 43.3 Å². The second-order valence-electron chi connectivity index (χ2n) is 5.85. The van der Waals surface area contributed by atoms with Gasteiger partial charge in [-0.15, -0.1) is 0 Å². The number of ether oxygens (including phenoxy) is 1. The molecule has 2 rings (SSSR count). The number of piperidine rings is 1. The zero-order valence-corrected chi connectivity index (χ0v) is 10.7. The van der Waals surface area contributed by atoms with E-state index < -0.39 is 0 Å². The highest BCUT2D eigenvalue weighted by Gasteiger charge is 2.33. The molecule has 1 aliphatic carbocycles. The Balaban J connectivity index is 1.85. The molecule has 1 saturated carbocycles. The minimum Gasteiger partial charge on any atom is -0.377 e. The van der Waals surface area contributed by atoms with Crippen molar-refractivity contribution in [3.05, 3.63) is 0 Å². The molecule has 3 heteroatoms. The Bertz CT molecular complexity index is 234. The molecule has 0 aromatic carbocycles. The summed E-state index contributed by atoms with van der Waals surface area (Å²) in [5, 5.41) is 0. The standard InChI is InChI=1S/C13H26N2O/c1-13(16-2)7-4-8-15(10-13)9-11-5-3-6-12(11)14/h11-12H,3-10,14H2,1-2H3. The summed E-state index contributed by atoms with van der Waals surface area (Å²) in [7, 11) is 1.84. The van der Waals surface area contributed by atoms with E-state index in [0.717, 1.165) is 12.5 Å². The second kappa shape index (κ2) is 5.03. The van der Waals surface area contributed by atoms with Crippen molar-refractivity contribution in [1.82, 2.24) is 4.90 Å². The van der Waals surface area contributed by atoms with E-state index >= 15 is 0 Å². The Morgan fingerprint density at radius 2 is 2.19 bits per heavy atom. The van der Waals surface area contributed by atoms with E-state index in [-0.39, 0.29) is 5.60 Å². The number of rotatable bonds is 3. The molecule has 0 aromatic rings. The first kappa shape index (κ1) is 12.3. The van der Waals surface area contributed by atoms with E-state index in [0.29, 0.717) is 6.04 Å². The maximum Gasteiger partial charge on any atom is 0.0777 e. The smallest absolute Gasteiger partial charge is 0.0777 e. The summed E-state index contributed by atoms with van der Waals surface area (Å²) in [5.41, 5.74) is 6.21. The van der Waals surface area contributed by atoms with Crippen LogP contribution >= 0.6 is 0 Å². The summed E-state index contributed by atoms with van der Waals surface area (Å²) in [6, 6.07) is 0.440.